The zero-order valence-electron chi connectivity index (χ0n) is 2.58. The second-order valence-electron chi connectivity index (χ2n) is 0.470. The van der Waals surface area contributed by atoms with Gasteiger partial charge in [0.2, 0.25) is 5.29 Å². The van der Waals surface area contributed by atoms with Gasteiger partial charge in [-0.25, -0.2) is 0 Å². The molecule has 0 rings (SSSR count). The van der Waals surface area contributed by atoms with Crippen molar-refractivity contribution in [1.29, 1.82) is 0 Å². The Balaban J connectivity index is 3.22. The summed E-state index contributed by atoms with van der Waals surface area (Å²) in [6, 6.07) is 0. The van der Waals surface area contributed by atoms with Crippen LogP contribution in [0.4, 0.5) is 0 Å². The van der Waals surface area contributed by atoms with Gasteiger partial charge in [-0.1, -0.05) is 0 Å². The molecule has 0 aliphatic rings. The summed E-state index contributed by atoms with van der Waals surface area (Å²) in [4.78, 5) is 1.97. The van der Waals surface area contributed by atoms with Crippen LogP contribution in [0, 0.1) is 0 Å². The molecule has 0 saturated heterocycles. The molecule has 36 valence electrons. The molecule has 0 radical (unpaired) electrons. The molecule has 6 heavy (non-hydrogen) atoms. The van der Waals surface area contributed by atoms with Crippen LogP contribution in [0.3, 0.4) is 0 Å². The quantitative estimate of drug-likeness (QED) is 0.239. The zero-order valence-corrected chi connectivity index (χ0v) is 4.85. The number of amidine groups is 1. The van der Waals surface area contributed by atoms with Crippen molar-refractivity contribution >= 4 is 40.4 Å². The average molecular weight is 147 g/mol. The predicted molar refractivity (Wildman–Crippen MR) is 28.1 cm³/mol. The Hall–Kier alpha value is 0.340. The van der Waals surface area contributed by atoms with Crippen LogP contribution in [0.5, 0.6) is 0 Å². The summed E-state index contributed by atoms with van der Waals surface area (Å²) in [5.74, 6) is 0. The first-order chi connectivity index (χ1) is 2.81. The largest absolute Gasteiger partial charge is 0.272 e. The number of hydrogen-bond donors (Lipinski definition) is 1. The van der Waals surface area contributed by atoms with Crippen molar-refractivity contribution in [3.63, 3.8) is 0 Å². The van der Waals surface area contributed by atoms with Gasteiger partial charge in [-0.05, 0) is 11.6 Å². The molecular weight excluding hydrogens is 146 g/mol. The van der Waals surface area contributed by atoms with Crippen molar-refractivity contribution in [2.24, 2.45) is 4.51 Å². The van der Waals surface area contributed by atoms with E-state index in [-0.39, 0.29) is 5.29 Å². The van der Waals surface area contributed by atoms with Crippen LogP contribution in [-0.4, -0.2) is 5.29 Å². The van der Waals surface area contributed by atoms with Gasteiger partial charge >= 0.3 is 0 Å². The van der Waals surface area contributed by atoms with Crippen LogP contribution >= 0.6 is 35.2 Å². The highest BCUT2D eigenvalue weighted by atomic mass is 35.5. The molecule has 0 bridgehead atoms. The van der Waals surface area contributed by atoms with Crippen LogP contribution in [0.25, 0.3) is 0 Å². The molecule has 0 fully saturated rings. The summed E-state index contributed by atoms with van der Waals surface area (Å²) < 4.78 is 2.92. The molecule has 2 nitrogen and oxygen atoms in total. The summed E-state index contributed by atoms with van der Waals surface area (Å²) in [7, 11) is 0. The number of hydrogen-bond acceptors (Lipinski definition) is 1. The van der Waals surface area contributed by atoms with E-state index in [4.69, 9.17) is 35.2 Å². The maximum absolute atomic E-state index is 5.02. The van der Waals surface area contributed by atoms with Gasteiger partial charge in [-0.15, -0.1) is 4.51 Å². The Morgan fingerprint density at radius 1 is 1.67 bits per heavy atom. The van der Waals surface area contributed by atoms with Crippen LogP contribution in [0.1, 0.15) is 0 Å². The number of nitrogens with zero attached hydrogens (tertiary/aromatic N) is 1. The molecule has 0 aliphatic carbocycles. The first-order valence-corrected chi connectivity index (χ1v) is 2.11. The molecule has 0 aliphatic heterocycles. The van der Waals surface area contributed by atoms with Crippen LogP contribution < -0.4 is 4.84 Å². The van der Waals surface area contributed by atoms with Gasteiger partial charge < -0.3 is 0 Å². The van der Waals surface area contributed by atoms with Crippen molar-refractivity contribution in [2.45, 2.75) is 0 Å². The van der Waals surface area contributed by atoms with E-state index < -0.39 is 0 Å². The van der Waals surface area contributed by atoms with Crippen molar-refractivity contribution in [2.75, 3.05) is 0 Å². The molecular formula is CHCl3N2. The molecule has 0 aromatic rings. The Labute approximate surface area is 50.3 Å². The fourth-order valence-electron chi connectivity index (χ4n) is 0.0160. The van der Waals surface area contributed by atoms with Crippen molar-refractivity contribution < 1.29 is 0 Å². The van der Waals surface area contributed by atoms with Gasteiger partial charge in [0.1, 0.15) is 0 Å². The summed E-state index contributed by atoms with van der Waals surface area (Å²) in [6.07, 6.45) is 0. The van der Waals surface area contributed by atoms with Gasteiger partial charge in [-0.3, -0.25) is 4.84 Å². The van der Waals surface area contributed by atoms with E-state index in [0.717, 1.165) is 0 Å². The predicted octanol–water partition coefficient (Wildman–Crippen LogP) is 1.48. The standard InChI is InChI=1S/CHCl3N2/c2-1(5-3)6-4/h(H,5,6). The van der Waals surface area contributed by atoms with Gasteiger partial charge in [0.05, 0.1) is 0 Å². The van der Waals surface area contributed by atoms with Gasteiger partial charge in [0.15, 0.2) is 0 Å². The molecule has 0 spiro atoms. The van der Waals surface area contributed by atoms with E-state index in [1.165, 1.54) is 0 Å². The molecule has 0 aromatic heterocycles. The average Bonchev–Trinajstić information content (AvgIpc) is 1.65. The minimum atomic E-state index is -0.0293. The van der Waals surface area contributed by atoms with E-state index in [2.05, 4.69) is 4.51 Å². The van der Waals surface area contributed by atoms with Crippen LogP contribution in [-0.2, 0) is 0 Å². The van der Waals surface area contributed by atoms with Gasteiger partial charge in [-0.2, -0.15) is 0 Å². The lowest BCUT2D eigenvalue weighted by molar-refractivity contribution is 1.54. The lowest BCUT2D eigenvalue weighted by Gasteiger charge is -1.81. The second kappa shape index (κ2) is 3.53. The maximum atomic E-state index is 5.02. The second-order valence-corrected chi connectivity index (χ2v) is 1.19. The highest BCUT2D eigenvalue weighted by molar-refractivity contribution is 6.68. The zero-order chi connectivity index (χ0) is 4.99. The molecule has 0 heterocycles. The van der Waals surface area contributed by atoms with E-state index >= 15 is 0 Å². The minimum absolute atomic E-state index is 0.0293. The summed E-state index contributed by atoms with van der Waals surface area (Å²) in [6.45, 7) is 0. The van der Waals surface area contributed by atoms with E-state index in [1.54, 1.807) is 0 Å². The third-order valence-corrected chi connectivity index (χ3v) is 0.862. The number of halogens is 3. The summed E-state index contributed by atoms with van der Waals surface area (Å²) in [5, 5.41) is -0.0293. The molecule has 1 N–H and O–H groups in total. The highest BCUT2D eigenvalue weighted by Crippen LogP contribution is 1.84. The fourth-order valence-corrected chi connectivity index (χ4v) is 0.144. The lowest BCUT2D eigenvalue weighted by Crippen LogP contribution is -2.00. The Kier molecular flexibility index (Phi) is 3.73. The summed E-state index contributed by atoms with van der Waals surface area (Å²) in [5.41, 5.74) is 0. The van der Waals surface area contributed by atoms with Crippen LogP contribution in [0.2, 0.25) is 0 Å². The SMILES string of the molecule is ClN=C(Cl)NCl. The summed E-state index contributed by atoms with van der Waals surface area (Å²) >= 11 is 14.6. The maximum Gasteiger partial charge on any atom is 0.223 e. The van der Waals surface area contributed by atoms with E-state index in [0.29, 0.717) is 0 Å². The topological polar surface area (TPSA) is 24.4 Å². The van der Waals surface area contributed by atoms with E-state index in [1.807, 2.05) is 4.84 Å². The number of rotatable bonds is 0. The van der Waals surface area contributed by atoms with E-state index in [9.17, 15) is 0 Å². The first-order valence-electron chi connectivity index (χ1n) is 1.02. The monoisotopic (exact) mass is 146 g/mol. The van der Waals surface area contributed by atoms with Crippen molar-refractivity contribution in [3.05, 3.63) is 0 Å². The normalized spacial score (nSPS) is 11.5. The Morgan fingerprint density at radius 3 is 2.17 bits per heavy atom. The molecule has 5 heteroatoms. The Bertz CT molecular complexity index is 59.8. The minimum Gasteiger partial charge on any atom is -0.272 e. The third-order valence-electron chi connectivity index (χ3n) is 0.152. The first kappa shape index (κ1) is 6.34. The smallest absolute Gasteiger partial charge is 0.223 e. The number of nitrogens with one attached hydrogen (secondary N) is 1. The lowest BCUT2D eigenvalue weighted by atomic mass is 11.4. The molecule has 0 saturated carbocycles. The molecule has 0 aromatic carbocycles. The van der Waals surface area contributed by atoms with Gasteiger partial charge in [0.25, 0.3) is 0 Å². The van der Waals surface area contributed by atoms with Crippen molar-refractivity contribution in [1.82, 2.24) is 4.84 Å². The highest BCUT2D eigenvalue weighted by Gasteiger charge is 1.80. The fraction of sp³-hybridized carbons (Fsp3) is 0. The van der Waals surface area contributed by atoms with Gasteiger partial charge in [0, 0.05) is 23.6 Å². The molecule has 0 amide bonds. The van der Waals surface area contributed by atoms with Crippen LogP contribution in [0.15, 0.2) is 4.51 Å². The molecule has 0 atom stereocenters. The Morgan fingerprint density at radius 2 is 2.17 bits per heavy atom. The third kappa shape index (κ3) is 2.57. The molecule has 0 unspecified atom stereocenters. The van der Waals surface area contributed by atoms with Crippen molar-refractivity contribution in [3.8, 4) is 0 Å².